The van der Waals surface area contributed by atoms with Gasteiger partial charge in [0.05, 0.1) is 12.8 Å². The van der Waals surface area contributed by atoms with Crippen LogP contribution in [-0.2, 0) is 4.74 Å². The maximum Gasteiger partial charge on any atom is 0.343 e. The van der Waals surface area contributed by atoms with E-state index in [1.54, 1.807) is 0 Å². The van der Waals surface area contributed by atoms with Crippen LogP contribution < -0.4 is 0 Å². The van der Waals surface area contributed by atoms with E-state index in [1.165, 1.54) is 7.11 Å². The van der Waals surface area contributed by atoms with E-state index in [4.69, 9.17) is 17.0 Å². The Balaban J connectivity index is 2.27. The Hall–Kier alpha value is -2.79. The Morgan fingerprint density at radius 1 is 1.00 bits per heavy atom. The van der Waals surface area contributed by atoms with E-state index in [0.717, 1.165) is 11.1 Å². The molecule has 3 rings (SSSR count). The van der Waals surface area contributed by atoms with Crippen molar-refractivity contribution in [3.05, 3.63) is 70.9 Å². The molecule has 0 aliphatic rings. The Morgan fingerprint density at radius 3 is 2.13 bits per heavy atom. The number of hydrogen-bond acceptors (Lipinski definition) is 4. The van der Waals surface area contributed by atoms with E-state index >= 15 is 0 Å². The van der Waals surface area contributed by atoms with Crippen LogP contribution in [0.4, 0.5) is 0 Å². The molecule has 5 heteroatoms. The average Bonchev–Trinajstić information content (AvgIpc) is 2.62. The third-order valence-electron chi connectivity index (χ3n) is 3.42. The molecular formula is C18H14N2O2S. The van der Waals surface area contributed by atoms with Gasteiger partial charge in [-0.15, -0.1) is 0 Å². The number of aromatic nitrogens is 2. The highest BCUT2D eigenvalue weighted by Gasteiger charge is 2.18. The molecule has 0 spiro atoms. The van der Waals surface area contributed by atoms with Crippen molar-refractivity contribution in [3.63, 3.8) is 0 Å². The summed E-state index contributed by atoms with van der Waals surface area (Å²) in [5, 5.41) is 0. The number of ether oxygens (including phenoxy) is 1. The summed E-state index contributed by atoms with van der Waals surface area (Å²) in [6.45, 7) is 0. The van der Waals surface area contributed by atoms with Crippen LogP contribution in [0.2, 0.25) is 0 Å². The van der Waals surface area contributed by atoms with Crippen molar-refractivity contribution < 1.29 is 9.53 Å². The summed E-state index contributed by atoms with van der Waals surface area (Å²) in [6.07, 6.45) is 0. The van der Waals surface area contributed by atoms with E-state index in [0.29, 0.717) is 11.5 Å². The number of rotatable bonds is 3. The lowest BCUT2D eigenvalue weighted by molar-refractivity contribution is 0.0600. The van der Waals surface area contributed by atoms with Gasteiger partial charge in [-0.2, -0.15) is 0 Å². The van der Waals surface area contributed by atoms with Crippen LogP contribution in [-0.4, -0.2) is 23.0 Å². The van der Waals surface area contributed by atoms with Crippen molar-refractivity contribution in [2.24, 2.45) is 0 Å². The van der Waals surface area contributed by atoms with Crippen molar-refractivity contribution >= 4 is 18.2 Å². The molecule has 0 saturated carbocycles. The van der Waals surface area contributed by atoms with Gasteiger partial charge in [0.1, 0.15) is 16.0 Å². The lowest BCUT2D eigenvalue weighted by Gasteiger charge is -2.11. The van der Waals surface area contributed by atoms with Crippen molar-refractivity contribution in [2.45, 2.75) is 0 Å². The van der Waals surface area contributed by atoms with E-state index in [2.05, 4.69) is 9.97 Å². The van der Waals surface area contributed by atoms with Crippen LogP contribution >= 0.6 is 12.2 Å². The minimum Gasteiger partial charge on any atom is -0.465 e. The van der Waals surface area contributed by atoms with Crippen LogP contribution in [0.3, 0.4) is 0 Å². The van der Waals surface area contributed by atoms with E-state index in [-0.39, 0.29) is 10.2 Å². The molecule has 23 heavy (non-hydrogen) atoms. The molecule has 3 aromatic rings. The zero-order chi connectivity index (χ0) is 16.2. The number of carbonyl (C=O) groups is 1. The minimum atomic E-state index is -0.503. The van der Waals surface area contributed by atoms with Crippen molar-refractivity contribution in [1.29, 1.82) is 0 Å². The van der Waals surface area contributed by atoms with Gasteiger partial charge >= 0.3 is 5.97 Å². The number of benzene rings is 2. The molecule has 0 atom stereocenters. The van der Waals surface area contributed by atoms with Crippen LogP contribution in [0.15, 0.2) is 60.7 Å². The lowest BCUT2D eigenvalue weighted by atomic mass is 10.1. The molecule has 4 nitrogen and oxygen atoms in total. The molecule has 0 fully saturated rings. The zero-order valence-electron chi connectivity index (χ0n) is 12.4. The number of carbonyl (C=O) groups excluding carboxylic acids is 1. The molecule has 114 valence electrons. The first-order valence-electron chi connectivity index (χ1n) is 7.04. The Morgan fingerprint density at radius 2 is 1.57 bits per heavy atom. The highest BCUT2D eigenvalue weighted by Crippen LogP contribution is 2.26. The number of H-pyrrole nitrogens is 1. The number of hydrogen-bond donors (Lipinski definition) is 1. The third-order valence-corrected chi connectivity index (χ3v) is 3.72. The fraction of sp³-hybridized carbons (Fsp3) is 0.0556. The smallest absolute Gasteiger partial charge is 0.343 e. The van der Waals surface area contributed by atoms with Gasteiger partial charge in [-0.05, 0) is 5.56 Å². The standard InChI is InChI=1S/C18H14N2O2S/c1-22-18(21)14-15(12-8-4-2-5-9-12)19-16(20-17(14)23)13-10-6-3-7-11-13/h2-11H,1H3,(H,19,20,23). The predicted molar refractivity (Wildman–Crippen MR) is 91.6 cm³/mol. The second kappa shape index (κ2) is 6.54. The first-order chi connectivity index (χ1) is 11.2. The Kier molecular flexibility index (Phi) is 4.30. The first-order valence-corrected chi connectivity index (χ1v) is 7.45. The van der Waals surface area contributed by atoms with Crippen molar-refractivity contribution in [2.75, 3.05) is 7.11 Å². The van der Waals surface area contributed by atoms with Crippen LogP contribution in [0.25, 0.3) is 22.6 Å². The second-order valence-electron chi connectivity index (χ2n) is 4.86. The van der Waals surface area contributed by atoms with Crippen LogP contribution in [0.5, 0.6) is 0 Å². The molecule has 0 radical (unpaired) electrons. The average molecular weight is 322 g/mol. The van der Waals surface area contributed by atoms with Gasteiger partial charge in [-0.25, -0.2) is 9.78 Å². The summed E-state index contributed by atoms with van der Waals surface area (Å²) < 4.78 is 5.08. The second-order valence-corrected chi connectivity index (χ2v) is 5.25. The fourth-order valence-corrected chi connectivity index (χ4v) is 2.60. The maximum atomic E-state index is 12.1. The molecule has 0 saturated heterocycles. The SMILES string of the molecule is COC(=O)c1c(-c2ccccc2)[nH]c(-c2ccccc2)nc1=S. The van der Waals surface area contributed by atoms with E-state index in [1.807, 2.05) is 60.7 Å². The molecular weight excluding hydrogens is 308 g/mol. The normalized spacial score (nSPS) is 10.3. The van der Waals surface area contributed by atoms with Crippen molar-refractivity contribution in [1.82, 2.24) is 9.97 Å². The molecule has 0 aliphatic heterocycles. The fourth-order valence-electron chi connectivity index (χ4n) is 2.32. The summed E-state index contributed by atoms with van der Waals surface area (Å²) in [5.74, 6) is 0.110. The van der Waals surface area contributed by atoms with Gasteiger partial charge in [-0.3, -0.25) is 0 Å². The first kappa shape index (κ1) is 15.1. The highest BCUT2D eigenvalue weighted by molar-refractivity contribution is 7.71. The number of methoxy groups -OCH3 is 1. The molecule has 1 aromatic heterocycles. The third kappa shape index (κ3) is 3.05. The molecule has 0 bridgehead atoms. The van der Waals surface area contributed by atoms with Gasteiger partial charge in [0.25, 0.3) is 0 Å². The number of aromatic amines is 1. The van der Waals surface area contributed by atoms with E-state index in [9.17, 15) is 4.79 Å². The van der Waals surface area contributed by atoms with Gasteiger partial charge in [0.2, 0.25) is 0 Å². The number of esters is 1. The monoisotopic (exact) mass is 322 g/mol. The maximum absolute atomic E-state index is 12.1. The summed E-state index contributed by atoms with van der Waals surface area (Å²) in [7, 11) is 1.33. The largest absolute Gasteiger partial charge is 0.465 e. The van der Waals surface area contributed by atoms with E-state index < -0.39 is 5.97 Å². The van der Waals surface area contributed by atoms with Gasteiger partial charge < -0.3 is 9.72 Å². The molecule has 0 aliphatic carbocycles. The quantitative estimate of drug-likeness (QED) is 0.578. The molecule has 1 heterocycles. The minimum absolute atomic E-state index is 0.216. The summed E-state index contributed by atoms with van der Waals surface area (Å²) in [4.78, 5) is 19.7. The van der Waals surface area contributed by atoms with Gasteiger partial charge in [-0.1, -0.05) is 72.9 Å². The van der Waals surface area contributed by atoms with Gasteiger partial charge in [0.15, 0.2) is 0 Å². The summed E-state index contributed by atoms with van der Waals surface area (Å²) >= 11 is 5.34. The summed E-state index contributed by atoms with van der Waals surface area (Å²) in [6, 6.07) is 19.2. The number of nitrogens with one attached hydrogen (secondary N) is 1. The summed E-state index contributed by atoms with van der Waals surface area (Å²) in [5.41, 5.74) is 2.62. The topological polar surface area (TPSA) is 55.0 Å². The lowest BCUT2D eigenvalue weighted by Crippen LogP contribution is -2.09. The predicted octanol–water partition coefficient (Wildman–Crippen LogP) is 4.26. The molecule has 0 amide bonds. The highest BCUT2D eigenvalue weighted by atomic mass is 32.1. The molecule has 0 unspecified atom stereocenters. The Bertz CT molecular complexity index is 890. The van der Waals surface area contributed by atoms with Crippen molar-refractivity contribution in [3.8, 4) is 22.6 Å². The molecule has 1 N–H and O–H groups in total. The van der Waals surface area contributed by atoms with Gasteiger partial charge in [0, 0.05) is 5.56 Å². The van der Waals surface area contributed by atoms with Crippen LogP contribution in [0.1, 0.15) is 10.4 Å². The Labute approximate surface area is 138 Å². The number of nitrogens with zero attached hydrogens (tertiary/aromatic N) is 1. The zero-order valence-corrected chi connectivity index (χ0v) is 13.3. The molecule has 2 aromatic carbocycles. The van der Waals surface area contributed by atoms with Crippen LogP contribution in [0, 0.1) is 4.64 Å².